The average molecular weight is 435 g/mol. The second-order valence-corrected chi connectivity index (χ2v) is 7.74. The van der Waals surface area contributed by atoms with E-state index in [1.54, 1.807) is 49.1 Å². The van der Waals surface area contributed by atoms with E-state index in [1.807, 2.05) is 24.3 Å². The monoisotopic (exact) mass is 434 g/mol. The van der Waals surface area contributed by atoms with Gasteiger partial charge in [-0.05, 0) is 43.5 Å². The third-order valence-corrected chi connectivity index (χ3v) is 5.66. The van der Waals surface area contributed by atoms with E-state index < -0.39 is 0 Å². The van der Waals surface area contributed by atoms with Crippen molar-refractivity contribution in [3.63, 3.8) is 0 Å². The zero-order valence-electron chi connectivity index (χ0n) is 18.4. The van der Waals surface area contributed by atoms with Gasteiger partial charge in [0.05, 0.1) is 24.4 Å². The number of ether oxygens (including phenoxy) is 1. The highest BCUT2D eigenvalue weighted by molar-refractivity contribution is 5.96. The van der Waals surface area contributed by atoms with Crippen LogP contribution in [-0.2, 0) is 13.6 Å². The summed E-state index contributed by atoms with van der Waals surface area (Å²) in [5, 5.41) is 7.04. The molecule has 1 aliphatic heterocycles. The predicted octanol–water partition coefficient (Wildman–Crippen LogP) is 2.43. The van der Waals surface area contributed by atoms with Gasteiger partial charge in [0, 0.05) is 32.5 Å². The molecule has 1 fully saturated rings. The van der Waals surface area contributed by atoms with Crippen molar-refractivity contribution in [3.05, 3.63) is 71.1 Å². The average Bonchev–Trinajstić information content (AvgIpc) is 3.46. The van der Waals surface area contributed by atoms with Gasteiger partial charge in [-0.2, -0.15) is 5.10 Å². The lowest BCUT2D eigenvalue weighted by molar-refractivity contribution is 0.0718. The first kappa shape index (κ1) is 21.5. The first-order valence-electron chi connectivity index (χ1n) is 10.5. The van der Waals surface area contributed by atoms with E-state index in [4.69, 9.17) is 4.74 Å². The molecule has 9 nitrogen and oxygen atoms in total. The van der Waals surface area contributed by atoms with Gasteiger partial charge in [-0.15, -0.1) is 0 Å². The molecule has 1 aliphatic rings. The van der Waals surface area contributed by atoms with Crippen LogP contribution in [0.3, 0.4) is 0 Å². The fourth-order valence-electron chi connectivity index (χ4n) is 3.96. The Kier molecular flexibility index (Phi) is 6.16. The number of likely N-dealkylation sites (tertiary alicyclic amines) is 1. The molecule has 0 unspecified atom stereocenters. The van der Waals surface area contributed by atoms with Crippen molar-refractivity contribution in [1.29, 1.82) is 0 Å². The number of methoxy groups -OCH3 is 1. The van der Waals surface area contributed by atoms with Crippen molar-refractivity contribution in [2.45, 2.75) is 32.4 Å². The van der Waals surface area contributed by atoms with Gasteiger partial charge in [-0.3, -0.25) is 14.3 Å². The molecule has 9 heteroatoms. The van der Waals surface area contributed by atoms with Gasteiger partial charge >= 0.3 is 0 Å². The maximum atomic E-state index is 13.2. The number of carbonyl (C=O) groups is 2. The van der Waals surface area contributed by atoms with Gasteiger partial charge < -0.3 is 15.0 Å². The van der Waals surface area contributed by atoms with E-state index in [2.05, 4.69) is 20.4 Å². The zero-order valence-corrected chi connectivity index (χ0v) is 18.4. The van der Waals surface area contributed by atoms with Gasteiger partial charge in [0.25, 0.3) is 11.8 Å². The molecule has 32 heavy (non-hydrogen) atoms. The maximum absolute atomic E-state index is 13.2. The highest BCUT2D eigenvalue weighted by Gasteiger charge is 2.35. The van der Waals surface area contributed by atoms with Gasteiger partial charge in [-0.1, -0.05) is 12.1 Å². The minimum atomic E-state index is -0.291. The molecule has 0 saturated carbocycles. The number of rotatable bonds is 6. The maximum Gasteiger partial charge on any atom is 0.272 e. The minimum Gasteiger partial charge on any atom is -0.497 e. The Morgan fingerprint density at radius 2 is 2.00 bits per heavy atom. The van der Waals surface area contributed by atoms with Gasteiger partial charge in [-0.25, -0.2) is 9.97 Å². The summed E-state index contributed by atoms with van der Waals surface area (Å²) in [7, 11) is 3.35. The van der Waals surface area contributed by atoms with Crippen LogP contribution in [0.5, 0.6) is 5.75 Å². The predicted molar refractivity (Wildman–Crippen MR) is 117 cm³/mol. The topological polar surface area (TPSA) is 102 Å². The van der Waals surface area contributed by atoms with Crippen LogP contribution in [0.25, 0.3) is 0 Å². The molecule has 0 bridgehead atoms. The Morgan fingerprint density at radius 1 is 1.22 bits per heavy atom. The SMILES string of the molecule is COc1ccc(CNC(=O)c2cnc(C)nc2[C@H]2CCCN2C(=O)c2ccnn2C)cc1. The highest BCUT2D eigenvalue weighted by Crippen LogP contribution is 2.33. The molecule has 4 rings (SSSR count). The van der Waals surface area contributed by atoms with E-state index in [0.717, 1.165) is 24.2 Å². The molecule has 0 aliphatic carbocycles. The summed E-state index contributed by atoms with van der Waals surface area (Å²) in [6.45, 7) is 2.74. The first-order chi connectivity index (χ1) is 15.5. The lowest BCUT2D eigenvalue weighted by Gasteiger charge is -2.25. The molecule has 3 heterocycles. The summed E-state index contributed by atoms with van der Waals surface area (Å²) in [4.78, 5) is 36.8. The van der Waals surface area contributed by atoms with Gasteiger partial charge in [0.15, 0.2) is 0 Å². The summed E-state index contributed by atoms with van der Waals surface area (Å²) < 4.78 is 6.73. The Hall–Kier alpha value is -3.75. The van der Waals surface area contributed by atoms with Crippen molar-refractivity contribution in [1.82, 2.24) is 30.0 Å². The van der Waals surface area contributed by atoms with Crippen LogP contribution in [0, 0.1) is 6.92 Å². The second-order valence-electron chi connectivity index (χ2n) is 7.74. The fourth-order valence-corrected chi connectivity index (χ4v) is 3.96. The second kappa shape index (κ2) is 9.17. The van der Waals surface area contributed by atoms with Crippen LogP contribution in [0.15, 0.2) is 42.7 Å². The molecular weight excluding hydrogens is 408 g/mol. The molecule has 1 saturated heterocycles. The van der Waals surface area contributed by atoms with Gasteiger partial charge in [0.2, 0.25) is 0 Å². The summed E-state index contributed by atoms with van der Waals surface area (Å²) in [5.41, 5.74) is 2.42. The summed E-state index contributed by atoms with van der Waals surface area (Å²) in [6, 6.07) is 8.91. The number of benzene rings is 1. The number of aryl methyl sites for hydroxylation is 2. The Labute approximate surface area is 186 Å². The number of amides is 2. The van der Waals surface area contributed by atoms with E-state index in [0.29, 0.717) is 35.9 Å². The van der Waals surface area contributed by atoms with Crippen molar-refractivity contribution >= 4 is 11.8 Å². The summed E-state index contributed by atoms with van der Waals surface area (Å²) in [6.07, 6.45) is 4.72. The van der Waals surface area contributed by atoms with Crippen LogP contribution in [0.2, 0.25) is 0 Å². The third-order valence-electron chi connectivity index (χ3n) is 5.66. The van der Waals surface area contributed by atoms with Crippen molar-refractivity contribution in [2.75, 3.05) is 13.7 Å². The summed E-state index contributed by atoms with van der Waals surface area (Å²) >= 11 is 0. The number of hydrogen-bond donors (Lipinski definition) is 1. The van der Waals surface area contributed by atoms with Crippen molar-refractivity contribution in [3.8, 4) is 5.75 Å². The van der Waals surface area contributed by atoms with E-state index in [-0.39, 0.29) is 17.9 Å². The molecule has 1 N–H and O–H groups in total. The standard InChI is InChI=1S/C23H26N6O3/c1-15-24-14-18(22(30)25-13-16-6-8-17(32-3)9-7-16)21(27-15)19-5-4-12-29(19)23(31)20-10-11-26-28(20)2/h6-11,14,19H,4-5,12-13H2,1-3H3,(H,25,30)/t19-/m1/s1. The summed E-state index contributed by atoms with van der Waals surface area (Å²) in [5.74, 6) is 0.934. The number of carbonyl (C=O) groups excluding carboxylic acids is 2. The molecule has 2 amide bonds. The molecule has 1 aromatic carbocycles. The number of aromatic nitrogens is 4. The largest absolute Gasteiger partial charge is 0.497 e. The number of nitrogens with zero attached hydrogens (tertiary/aromatic N) is 5. The van der Waals surface area contributed by atoms with Crippen LogP contribution < -0.4 is 10.1 Å². The Bertz CT molecular complexity index is 1130. The molecule has 0 radical (unpaired) electrons. The van der Waals surface area contributed by atoms with Crippen molar-refractivity contribution in [2.24, 2.45) is 7.05 Å². The Morgan fingerprint density at radius 3 is 2.69 bits per heavy atom. The van der Waals surface area contributed by atoms with Gasteiger partial charge in [0.1, 0.15) is 17.3 Å². The van der Waals surface area contributed by atoms with E-state index >= 15 is 0 Å². The zero-order chi connectivity index (χ0) is 22.7. The van der Waals surface area contributed by atoms with Crippen LogP contribution >= 0.6 is 0 Å². The molecule has 0 spiro atoms. The normalized spacial score (nSPS) is 15.6. The molecular formula is C23H26N6O3. The van der Waals surface area contributed by atoms with E-state index in [1.165, 1.54) is 0 Å². The fraction of sp³-hybridized carbons (Fsp3) is 0.348. The third kappa shape index (κ3) is 4.32. The van der Waals surface area contributed by atoms with Crippen LogP contribution in [-0.4, -0.2) is 50.1 Å². The Balaban J connectivity index is 1.56. The molecule has 3 aromatic rings. The van der Waals surface area contributed by atoms with Crippen LogP contribution in [0.1, 0.15) is 56.8 Å². The lowest BCUT2D eigenvalue weighted by atomic mass is 10.0. The lowest BCUT2D eigenvalue weighted by Crippen LogP contribution is -2.34. The van der Waals surface area contributed by atoms with Crippen LogP contribution in [0.4, 0.5) is 0 Å². The molecule has 166 valence electrons. The van der Waals surface area contributed by atoms with E-state index in [9.17, 15) is 9.59 Å². The number of hydrogen-bond acceptors (Lipinski definition) is 6. The molecule has 2 aromatic heterocycles. The smallest absolute Gasteiger partial charge is 0.272 e. The molecule has 1 atom stereocenters. The first-order valence-corrected chi connectivity index (χ1v) is 10.5. The highest BCUT2D eigenvalue weighted by atomic mass is 16.5. The minimum absolute atomic E-state index is 0.117. The quantitative estimate of drug-likeness (QED) is 0.639. The van der Waals surface area contributed by atoms with Crippen molar-refractivity contribution < 1.29 is 14.3 Å². The number of nitrogens with one attached hydrogen (secondary N) is 1.